The summed E-state index contributed by atoms with van der Waals surface area (Å²) in [5.74, 6) is 0.269. The van der Waals surface area contributed by atoms with E-state index in [2.05, 4.69) is 31.5 Å². The first-order valence-electron chi connectivity index (χ1n) is 19.2. The number of amides is 1. The Labute approximate surface area is 325 Å². The molecule has 0 spiro atoms. The van der Waals surface area contributed by atoms with Gasteiger partial charge < -0.3 is 25.4 Å². The van der Waals surface area contributed by atoms with Gasteiger partial charge in [-0.05, 0) is 85.9 Å². The number of rotatable bonds is 10. The number of β-amino-alcohol motifs (C(OH)–C–C–N with tert-alkyl or cyclic N) is 1. The van der Waals surface area contributed by atoms with Gasteiger partial charge in [0.1, 0.15) is 5.52 Å². The van der Waals surface area contributed by atoms with Crippen molar-refractivity contribution in [2.24, 2.45) is 18.9 Å². The number of pyridine rings is 2. The summed E-state index contributed by atoms with van der Waals surface area (Å²) < 4.78 is 1.90. The van der Waals surface area contributed by atoms with Gasteiger partial charge in [-0.2, -0.15) is 0 Å². The van der Waals surface area contributed by atoms with Crippen molar-refractivity contribution in [1.82, 2.24) is 29.3 Å². The number of imidazole rings is 1. The Morgan fingerprint density at radius 1 is 0.964 bits per heavy atom. The fraction of sp³-hybridized carbons (Fsp3) is 0.405. The average molecular weight is 763 g/mol. The maximum Gasteiger partial charge on any atom is 0.306 e. The number of aromatic nitrogens is 4. The molecule has 1 saturated heterocycles. The van der Waals surface area contributed by atoms with Crippen molar-refractivity contribution in [3.8, 4) is 11.1 Å². The normalized spacial score (nSPS) is 20.4. The third-order valence-electron chi connectivity index (χ3n) is 11.7. The minimum absolute atomic E-state index is 0.213. The number of nitrogens with zero attached hydrogens (tertiary/aromatic N) is 6. The number of hydrogen-bond acceptors (Lipinski definition) is 9. The molecule has 0 bridgehead atoms. The maximum atomic E-state index is 13.7. The summed E-state index contributed by atoms with van der Waals surface area (Å²) in [6.45, 7) is 6.81. The van der Waals surface area contributed by atoms with Crippen LogP contribution in [0.25, 0.3) is 22.0 Å². The van der Waals surface area contributed by atoms with Gasteiger partial charge in [-0.25, -0.2) is 9.97 Å². The number of carbonyl (C=O) groups excluding carboxylic acids is 1. The number of benzene rings is 2. The molecule has 0 radical (unpaired) electrons. The molecular formula is C42H47ClN8O4. The molecule has 4 N–H and O–H groups in total. The number of carbonyl (C=O) groups is 2. The Bertz CT molecular complexity index is 2250. The van der Waals surface area contributed by atoms with Crippen LogP contribution in [0.4, 0.5) is 17.2 Å². The lowest BCUT2D eigenvalue weighted by molar-refractivity contribution is -0.143. The van der Waals surface area contributed by atoms with Crippen LogP contribution in [-0.4, -0.2) is 83.7 Å². The standard InChI is InChI=1S/C42H47ClN8O4/c1-25-31(5-3-7-33(25)46-39-38-29(13-16-44-39)19-27(20-45-38)22-50-17-14-30(52)23-50)32-6-4-8-34(37(32)43)48-41(53)40-47-35-24-51(18-15-36(35)49(40)2)21-26-9-11-28(12-10-26)42(54)55/h3-8,13,16,19-20,26,28,30,52H,9-12,14-15,17-18,21-24H2,1-2H3,(H,44,46)(H,48,53)(H,54,55)/t26-,28+,30-/m0/s1. The largest absolute Gasteiger partial charge is 0.481 e. The van der Waals surface area contributed by atoms with Crippen LogP contribution in [0.1, 0.15) is 65.2 Å². The van der Waals surface area contributed by atoms with E-state index in [-0.39, 0.29) is 17.9 Å². The first-order chi connectivity index (χ1) is 26.6. The van der Waals surface area contributed by atoms with E-state index >= 15 is 0 Å². The molecular weight excluding hydrogens is 716 g/mol. The molecule has 5 heterocycles. The minimum atomic E-state index is -0.676. The number of halogens is 1. The van der Waals surface area contributed by atoms with Crippen LogP contribution in [0.5, 0.6) is 0 Å². The SMILES string of the molecule is Cc1c(Nc2nccc3cc(CN4CC[C@H](O)C4)cnc23)cccc1-c1cccc(NC(=O)c2nc3c(n2C)CCN(C[C@H]2CC[C@@H](C(=O)O)CC2)C3)c1Cl. The van der Waals surface area contributed by atoms with E-state index in [0.29, 0.717) is 41.4 Å². The second-order valence-corrected chi connectivity index (χ2v) is 15.8. The Kier molecular flexibility index (Phi) is 10.6. The number of likely N-dealkylation sites (tertiary alicyclic amines) is 1. The number of carboxylic acids is 1. The molecule has 1 aliphatic carbocycles. The number of aliphatic carboxylic acids is 1. The summed E-state index contributed by atoms with van der Waals surface area (Å²) in [6, 6.07) is 15.7. The van der Waals surface area contributed by atoms with E-state index in [9.17, 15) is 19.8 Å². The van der Waals surface area contributed by atoms with Crippen LogP contribution in [-0.2, 0) is 31.4 Å². The number of fused-ring (bicyclic) bond motifs is 2. The van der Waals surface area contributed by atoms with E-state index in [4.69, 9.17) is 21.6 Å². The second kappa shape index (κ2) is 15.7. The van der Waals surface area contributed by atoms with Gasteiger partial charge in [0.05, 0.1) is 28.4 Å². The Morgan fingerprint density at radius 3 is 2.51 bits per heavy atom. The molecule has 1 atom stereocenters. The van der Waals surface area contributed by atoms with Crippen molar-refractivity contribution in [3.63, 3.8) is 0 Å². The lowest BCUT2D eigenvalue weighted by Crippen LogP contribution is -2.36. The number of hydrogen-bond donors (Lipinski definition) is 4. The maximum absolute atomic E-state index is 13.7. The van der Waals surface area contributed by atoms with Crippen molar-refractivity contribution in [2.75, 3.05) is 36.8 Å². The molecule has 2 aliphatic heterocycles. The summed E-state index contributed by atoms with van der Waals surface area (Å²) >= 11 is 7.06. The van der Waals surface area contributed by atoms with Gasteiger partial charge in [0, 0.05) is 87.5 Å². The molecule has 2 aromatic carbocycles. The van der Waals surface area contributed by atoms with Crippen molar-refractivity contribution >= 4 is 51.6 Å². The molecule has 2 fully saturated rings. The highest BCUT2D eigenvalue weighted by atomic mass is 35.5. The summed E-state index contributed by atoms with van der Waals surface area (Å²) in [6.07, 6.45) is 8.36. The van der Waals surface area contributed by atoms with E-state index in [1.165, 1.54) is 0 Å². The number of carboxylic acid groups (broad SMARTS) is 1. The highest BCUT2D eigenvalue weighted by molar-refractivity contribution is 6.36. The third-order valence-corrected chi connectivity index (χ3v) is 12.1. The van der Waals surface area contributed by atoms with Crippen molar-refractivity contribution < 1.29 is 19.8 Å². The number of anilines is 3. The topological polar surface area (TPSA) is 149 Å². The highest BCUT2D eigenvalue weighted by Gasteiger charge is 2.30. The predicted octanol–water partition coefficient (Wildman–Crippen LogP) is 6.80. The lowest BCUT2D eigenvalue weighted by atomic mass is 9.81. The van der Waals surface area contributed by atoms with Gasteiger partial charge in [0.15, 0.2) is 11.6 Å². The highest BCUT2D eigenvalue weighted by Crippen LogP contribution is 2.39. The van der Waals surface area contributed by atoms with E-state index in [1.807, 2.05) is 61.1 Å². The number of nitrogens with one attached hydrogen (secondary N) is 2. The molecule has 12 nitrogen and oxygen atoms in total. The van der Waals surface area contributed by atoms with Gasteiger partial charge in [-0.3, -0.25) is 24.4 Å². The first-order valence-corrected chi connectivity index (χ1v) is 19.6. The second-order valence-electron chi connectivity index (χ2n) is 15.4. The Morgan fingerprint density at radius 2 is 1.75 bits per heavy atom. The molecule has 13 heteroatoms. The Hall–Kier alpha value is -4.88. The van der Waals surface area contributed by atoms with Gasteiger partial charge in [-0.1, -0.05) is 35.9 Å². The fourth-order valence-electron chi connectivity index (χ4n) is 8.60. The molecule has 8 rings (SSSR count). The van der Waals surface area contributed by atoms with Crippen molar-refractivity contribution in [3.05, 3.63) is 94.3 Å². The fourth-order valence-corrected chi connectivity index (χ4v) is 8.88. The van der Waals surface area contributed by atoms with Crippen LogP contribution in [0.15, 0.2) is 60.9 Å². The smallest absolute Gasteiger partial charge is 0.306 e. The summed E-state index contributed by atoms with van der Waals surface area (Å²) in [4.78, 5) is 44.0. The minimum Gasteiger partial charge on any atom is -0.481 e. The van der Waals surface area contributed by atoms with Crippen LogP contribution >= 0.6 is 11.6 Å². The quantitative estimate of drug-likeness (QED) is 0.120. The number of aliphatic hydroxyl groups is 1. The van der Waals surface area contributed by atoms with Crippen LogP contribution in [0.3, 0.4) is 0 Å². The zero-order valence-corrected chi connectivity index (χ0v) is 32.0. The molecule has 0 unspecified atom stereocenters. The Balaban J connectivity index is 0.959. The molecule has 5 aromatic rings. The number of aliphatic hydroxyl groups excluding tert-OH is 1. The summed E-state index contributed by atoms with van der Waals surface area (Å²) in [5.41, 5.74) is 7.87. The van der Waals surface area contributed by atoms with Crippen LogP contribution in [0, 0.1) is 18.8 Å². The summed E-state index contributed by atoms with van der Waals surface area (Å²) in [5, 5.41) is 27.2. The van der Waals surface area contributed by atoms with Crippen LogP contribution in [0.2, 0.25) is 5.02 Å². The third kappa shape index (κ3) is 7.82. The monoisotopic (exact) mass is 762 g/mol. The van der Waals surface area contributed by atoms with Gasteiger partial charge in [-0.15, -0.1) is 0 Å². The van der Waals surface area contributed by atoms with Crippen LogP contribution < -0.4 is 10.6 Å². The zero-order valence-electron chi connectivity index (χ0n) is 31.3. The molecule has 55 heavy (non-hydrogen) atoms. The van der Waals surface area contributed by atoms with Crippen molar-refractivity contribution in [1.29, 1.82) is 0 Å². The average Bonchev–Trinajstić information content (AvgIpc) is 3.74. The molecule has 1 amide bonds. The zero-order chi connectivity index (χ0) is 38.2. The molecule has 1 saturated carbocycles. The van der Waals surface area contributed by atoms with E-state index in [0.717, 1.165) is 115 Å². The molecule has 286 valence electrons. The lowest BCUT2D eigenvalue weighted by Gasteiger charge is -2.33. The van der Waals surface area contributed by atoms with Gasteiger partial charge >= 0.3 is 5.97 Å². The van der Waals surface area contributed by atoms with Crippen molar-refractivity contribution in [2.45, 2.75) is 64.6 Å². The van der Waals surface area contributed by atoms with E-state index in [1.54, 1.807) is 12.3 Å². The molecule has 3 aromatic heterocycles. The van der Waals surface area contributed by atoms with E-state index < -0.39 is 5.97 Å². The van der Waals surface area contributed by atoms with Gasteiger partial charge in [0.2, 0.25) is 0 Å². The van der Waals surface area contributed by atoms with Gasteiger partial charge in [0.25, 0.3) is 5.91 Å². The predicted molar refractivity (Wildman–Crippen MR) is 214 cm³/mol. The first kappa shape index (κ1) is 37.1. The summed E-state index contributed by atoms with van der Waals surface area (Å²) in [7, 11) is 1.89. The molecule has 3 aliphatic rings.